The van der Waals surface area contributed by atoms with E-state index in [0.717, 1.165) is 5.56 Å². The first-order valence-corrected chi connectivity index (χ1v) is 7.32. The summed E-state index contributed by atoms with van der Waals surface area (Å²) in [5, 5.41) is 13.1. The topological polar surface area (TPSA) is 76.2 Å². The van der Waals surface area contributed by atoms with Gasteiger partial charge in [0.2, 0.25) is 5.82 Å². The lowest BCUT2D eigenvalue weighted by Gasteiger charge is -2.04. The van der Waals surface area contributed by atoms with E-state index in [2.05, 4.69) is 10.1 Å². The van der Waals surface area contributed by atoms with Crippen molar-refractivity contribution >= 4 is 5.97 Å². The van der Waals surface area contributed by atoms with Gasteiger partial charge in [0.25, 0.3) is 5.89 Å². The molecule has 0 saturated carbocycles. The van der Waals surface area contributed by atoms with Crippen LogP contribution in [0, 0.1) is 26.6 Å². The predicted octanol–water partition coefficient (Wildman–Crippen LogP) is 4.17. The maximum absolute atomic E-state index is 14.3. The molecular formula is C18H15FN2O3. The van der Waals surface area contributed by atoms with Gasteiger partial charge in [-0.1, -0.05) is 23.4 Å². The molecule has 3 aromatic rings. The van der Waals surface area contributed by atoms with E-state index in [-0.39, 0.29) is 22.8 Å². The van der Waals surface area contributed by atoms with Gasteiger partial charge in [0.05, 0.1) is 11.1 Å². The van der Waals surface area contributed by atoms with Gasteiger partial charge in [-0.15, -0.1) is 0 Å². The molecule has 24 heavy (non-hydrogen) atoms. The Morgan fingerprint density at radius 2 is 1.92 bits per heavy atom. The maximum Gasteiger partial charge on any atom is 0.335 e. The molecule has 0 amide bonds. The molecule has 122 valence electrons. The van der Waals surface area contributed by atoms with E-state index in [9.17, 15) is 14.3 Å². The summed E-state index contributed by atoms with van der Waals surface area (Å²) in [5.41, 5.74) is 2.84. The molecule has 1 aromatic heterocycles. The van der Waals surface area contributed by atoms with Gasteiger partial charge in [0.1, 0.15) is 5.82 Å². The Morgan fingerprint density at radius 1 is 1.17 bits per heavy atom. The SMILES string of the molecule is Cc1cc(C)c(F)c(-c2nc(-c3cccc(C(=O)O)c3C)no2)c1. The van der Waals surface area contributed by atoms with Crippen molar-refractivity contribution in [3.63, 3.8) is 0 Å². The van der Waals surface area contributed by atoms with Crippen molar-refractivity contribution in [1.29, 1.82) is 0 Å². The molecule has 5 nitrogen and oxygen atoms in total. The van der Waals surface area contributed by atoms with Crippen LogP contribution in [0.25, 0.3) is 22.8 Å². The number of hydrogen-bond acceptors (Lipinski definition) is 4. The molecule has 2 aromatic carbocycles. The number of aromatic carboxylic acids is 1. The van der Waals surface area contributed by atoms with Gasteiger partial charge in [-0.3, -0.25) is 0 Å². The first-order chi connectivity index (χ1) is 11.4. The average Bonchev–Trinajstić information content (AvgIpc) is 3.00. The summed E-state index contributed by atoms with van der Waals surface area (Å²) in [6.07, 6.45) is 0. The smallest absolute Gasteiger partial charge is 0.335 e. The third kappa shape index (κ3) is 2.67. The summed E-state index contributed by atoms with van der Waals surface area (Å²) in [4.78, 5) is 15.5. The summed E-state index contributed by atoms with van der Waals surface area (Å²) >= 11 is 0. The van der Waals surface area contributed by atoms with Crippen molar-refractivity contribution in [3.8, 4) is 22.8 Å². The van der Waals surface area contributed by atoms with Crippen LogP contribution in [0.1, 0.15) is 27.0 Å². The predicted molar refractivity (Wildman–Crippen MR) is 86.3 cm³/mol. The second-order valence-corrected chi connectivity index (χ2v) is 5.65. The summed E-state index contributed by atoms with van der Waals surface area (Å²) in [6, 6.07) is 8.19. The molecule has 0 radical (unpaired) electrons. The van der Waals surface area contributed by atoms with Crippen LogP contribution in [0.2, 0.25) is 0 Å². The molecule has 0 fully saturated rings. The highest BCUT2D eigenvalue weighted by Gasteiger charge is 2.19. The molecule has 0 aliphatic carbocycles. The molecule has 0 unspecified atom stereocenters. The number of aryl methyl sites for hydroxylation is 2. The van der Waals surface area contributed by atoms with E-state index >= 15 is 0 Å². The van der Waals surface area contributed by atoms with Crippen LogP contribution in [-0.4, -0.2) is 21.2 Å². The van der Waals surface area contributed by atoms with Gasteiger partial charge in [0, 0.05) is 5.56 Å². The second kappa shape index (κ2) is 5.88. The van der Waals surface area contributed by atoms with Gasteiger partial charge in [0.15, 0.2) is 0 Å². The van der Waals surface area contributed by atoms with Crippen LogP contribution in [0.5, 0.6) is 0 Å². The number of halogens is 1. The maximum atomic E-state index is 14.3. The third-order valence-corrected chi connectivity index (χ3v) is 3.86. The Labute approximate surface area is 137 Å². The largest absolute Gasteiger partial charge is 0.478 e. The molecule has 0 atom stereocenters. The minimum Gasteiger partial charge on any atom is -0.478 e. The van der Waals surface area contributed by atoms with Crippen molar-refractivity contribution in [2.75, 3.05) is 0 Å². The average molecular weight is 326 g/mol. The third-order valence-electron chi connectivity index (χ3n) is 3.86. The highest BCUT2D eigenvalue weighted by molar-refractivity contribution is 5.91. The highest BCUT2D eigenvalue weighted by atomic mass is 19.1. The van der Waals surface area contributed by atoms with Crippen molar-refractivity contribution in [2.24, 2.45) is 0 Å². The molecule has 0 aliphatic rings. The minimum atomic E-state index is -1.03. The zero-order valence-corrected chi connectivity index (χ0v) is 13.4. The molecular weight excluding hydrogens is 311 g/mol. The Morgan fingerprint density at radius 3 is 2.62 bits per heavy atom. The first-order valence-electron chi connectivity index (χ1n) is 7.32. The standard InChI is InChI=1S/C18H15FN2O3/c1-9-7-10(2)15(19)14(8-9)17-20-16(21-24-17)12-5-4-6-13(11(12)3)18(22)23/h4-8H,1-3H3,(H,22,23). The van der Waals surface area contributed by atoms with Gasteiger partial charge in [-0.25, -0.2) is 9.18 Å². The number of carboxylic acids is 1. The number of nitrogens with zero attached hydrogens (tertiary/aromatic N) is 2. The summed E-state index contributed by atoms with van der Waals surface area (Å²) < 4.78 is 19.5. The Kier molecular flexibility index (Phi) is 3.89. The lowest BCUT2D eigenvalue weighted by molar-refractivity contribution is 0.0696. The zero-order valence-electron chi connectivity index (χ0n) is 13.4. The summed E-state index contributed by atoms with van der Waals surface area (Å²) in [7, 11) is 0. The Bertz CT molecular complexity index is 947. The van der Waals surface area contributed by atoms with Crippen LogP contribution in [0.4, 0.5) is 4.39 Å². The number of benzene rings is 2. The lowest BCUT2D eigenvalue weighted by atomic mass is 10.0. The Balaban J connectivity index is 2.10. The van der Waals surface area contributed by atoms with E-state index in [1.807, 2.05) is 6.92 Å². The van der Waals surface area contributed by atoms with Crippen molar-refractivity contribution < 1.29 is 18.8 Å². The molecule has 0 saturated heterocycles. The van der Waals surface area contributed by atoms with Gasteiger partial charge in [-0.05, 0) is 49.6 Å². The van der Waals surface area contributed by atoms with Crippen LogP contribution in [0.3, 0.4) is 0 Å². The fraction of sp³-hybridized carbons (Fsp3) is 0.167. The minimum absolute atomic E-state index is 0.0643. The van der Waals surface area contributed by atoms with E-state index in [1.54, 1.807) is 38.1 Å². The zero-order chi connectivity index (χ0) is 17.4. The van der Waals surface area contributed by atoms with E-state index in [4.69, 9.17) is 4.52 Å². The number of aromatic nitrogens is 2. The van der Waals surface area contributed by atoms with Crippen molar-refractivity contribution in [2.45, 2.75) is 20.8 Å². The number of hydrogen-bond donors (Lipinski definition) is 1. The number of carbonyl (C=O) groups is 1. The normalized spacial score (nSPS) is 10.8. The molecule has 1 heterocycles. The number of carboxylic acid groups (broad SMARTS) is 1. The van der Waals surface area contributed by atoms with Crippen molar-refractivity contribution in [1.82, 2.24) is 10.1 Å². The lowest BCUT2D eigenvalue weighted by Crippen LogP contribution is -2.01. The number of rotatable bonds is 3. The van der Waals surface area contributed by atoms with Gasteiger partial charge in [-0.2, -0.15) is 4.98 Å². The Hall–Kier alpha value is -3.02. The second-order valence-electron chi connectivity index (χ2n) is 5.65. The highest BCUT2D eigenvalue weighted by Crippen LogP contribution is 2.29. The fourth-order valence-electron chi connectivity index (χ4n) is 2.66. The molecule has 0 aliphatic heterocycles. The molecule has 1 N–H and O–H groups in total. The van der Waals surface area contributed by atoms with E-state index in [0.29, 0.717) is 16.7 Å². The van der Waals surface area contributed by atoms with E-state index < -0.39 is 11.8 Å². The fourth-order valence-corrected chi connectivity index (χ4v) is 2.66. The molecule has 0 bridgehead atoms. The molecule has 0 spiro atoms. The van der Waals surface area contributed by atoms with Crippen LogP contribution in [0.15, 0.2) is 34.9 Å². The van der Waals surface area contributed by atoms with Crippen LogP contribution < -0.4 is 0 Å². The van der Waals surface area contributed by atoms with Crippen LogP contribution in [-0.2, 0) is 0 Å². The quantitative estimate of drug-likeness (QED) is 0.782. The summed E-state index contributed by atoms with van der Waals surface area (Å²) in [6.45, 7) is 5.20. The van der Waals surface area contributed by atoms with Crippen molar-refractivity contribution in [3.05, 3.63) is 58.4 Å². The summed E-state index contributed by atoms with van der Waals surface area (Å²) in [5.74, 6) is -1.15. The first kappa shape index (κ1) is 15.9. The van der Waals surface area contributed by atoms with E-state index in [1.165, 1.54) is 6.07 Å². The monoisotopic (exact) mass is 326 g/mol. The molecule has 6 heteroatoms. The van der Waals surface area contributed by atoms with Gasteiger partial charge < -0.3 is 9.63 Å². The van der Waals surface area contributed by atoms with Crippen LogP contribution >= 0.6 is 0 Å². The molecule has 3 rings (SSSR count). The van der Waals surface area contributed by atoms with Gasteiger partial charge >= 0.3 is 5.97 Å².